The molecule has 0 saturated carbocycles. The molecule has 2 aromatic carbocycles. The lowest BCUT2D eigenvalue weighted by Gasteiger charge is -2.29. The zero-order valence-corrected chi connectivity index (χ0v) is 21.8. The van der Waals surface area contributed by atoms with Crippen LogP contribution >= 0.6 is 0 Å². The minimum absolute atomic E-state index is 0.0573. The highest BCUT2D eigenvalue weighted by Crippen LogP contribution is 2.32. The molecule has 3 heterocycles. The van der Waals surface area contributed by atoms with Gasteiger partial charge in [-0.05, 0) is 47.5 Å². The summed E-state index contributed by atoms with van der Waals surface area (Å²) in [6, 6.07) is 16.7. The standard InChI is InChI=1S/C27H25N5O6S/c1-39(36,37)22-8-6-21(7-9-22)27(11-12-38-17-27)29-25(33)19-4-2-3-18(13-19)15-32-16-24(30-31-32)20-5-10-23(26(34)35)28-14-20/h2-10,13-14,16H,11-12,15,17H2,1H3,(H,29,33)(H,34,35). The zero-order valence-electron chi connectivity index (χ0n) is 20.9. The van der Waals surface area contributed by atoms with Gasteiger partial charge in [0.1, 0.15) is 11.4 Å². The van der Waals surface area contributed by atoms with Crippen molar-refractivity contribution in [3.8, 4) is 11.3 Å². The van der Waals surface area contributed by atoms with Crippen LogP contribution in [0, 0.1) is 0 Å². The van der Waals surface area contributed by atoms with E-state index in [-0.39, 0.29) is 23.1 Å². The highest BCUT2D eigenvalue weighted by atomic mass is 32.2. The summed E-state index contributed by atoms with van der Waals surface area (Å²) in [5, 5.41) is 20.4. The summed E-state index contributed by atoms with van der Waals surface area (Å²) in [6.45, 7) is 1.11. The molecule has 12 heteroatoms. The Labute approximate surface area is 224 Å². The number of carbonyl (C=O) groups excluding carboxylic acids is 1. The Balaban J connectivity index is 1.31. The van der Waals surface area contributed by atoms with Crippen LogP contribution < -0.4 is 5.32 Å². The Bertz CT molecular complexity index is 1630. The maximum absolute atomic E-state index is 13.3. The van der Waals surface area contributed by atoms with Crippen molar-refractivity contribution >= 4 is 21.7 Å². The number of hydrogen-bond acceptors (Lipinski definition) is 8. The van der Waals surface area contributed by atoms with Crippen molar-refractivity contribution in [1.82, 2.24) is 25.3 Å². The molecule has 1 aliphatic heterocycles. The number of hydrogen-bond donors (Lipinski definition) is 2. The van der Waals surface area contributed by atoms with Crippen molar-refractivity contribution in [2.45, 2.75) is 23.4 Å². The number of ether oxygens (including phenoxy) is 1. The lowest BCUT2D eigenvalue weighted by molar-refractivity contribution is 0.0690. The smallest absolute Gasteiger partial charge is 0.354 e. The molecule has 200 valence electrons. The zero-order chi connectivity index (χ0) is 27.6. The highest BCUT2D eigenvalue weighted by Gasteiger charge is 2.38. The molecule has 2 aromatic heterocycles. The Hall–Kier alpha value is -4.42. The van der Waals surface area contributed by atoms with Crippen molar-refractivity contribution < 1.29 is 27.9 Å². The van der Waals surface area contributed by atoms with E-state index in [1.54, 1.807) is 59.4 Å². The second-order valence-electron chi connectivity index (χ2n) is 9.37. The molecule has 39 heavy (non-hydrogen) atoms. The minimum Gasteiger partial charge on any atom is -0.477 e. The number of amides is 1. The first-order chi connectivity index (χ1) is 18.6. The van der Waals surface area contributed by atoms with Crippen molar-refractivity contribution in [2.75, 3.05) is 19.5 Å². The van der Waals surface area contributed by atoms with Crippen LogP contribution in [0.15, 0.2) is 78.0 Å². The van der Waals surface area contributed by atoms with Gasteiger partial charge in [-0.15, -0.1) is 5.10 Å². The molecule has 1 aliphatic rings. The normalized spacial score (nSPS) is 17.2. The molecule has 2 N–H and O–H groups in total. The van der Waals surface area contributed by atoms with Gasteiger partial charge in [-0.2, -0.15) is 0 Å². The third-order valence-electron chi connectivity index (χ3n) is 6.56. The predicted octanol–water partition coefficient (Wildman–Crippen LogP) is 2.54. The molecular formula is C27H25N5O6S. The van der Waals surface area contributed by atoms with E-state index in [1.807, 2.05) is 6.07 Å². The number of aromatic nitrogens is 4. The molecular weight excluding hydrogens is 522 g/mol. The Morgan fingerprint density at radius 2 is 1.92 bits per heavy atom. The van der Waals surface area contributed by atoms with Crippen molar-refractivity contribution in [3.63, 3.8) is 0 Å². The van der Waals surface area contributed by atoms with Crippen LogP contribution in [0.25, 0.3) is 11.3 Å². The van der Waals surface area contributed by atoms with Crippen LogP contribution in [0.4, 0.5) is 0 Å². The van der Waals surface area contributed by atoms with E-state index in [4.69, 9.17) is 9.84 Å². The average Bonchev–Trinajstić information content (AvgIpc) is 3.59. The minimum atomic E-state index is -3.33. The number of carbonyl (C=O) groups is 2. The lowest BCUT2D eigenvalue weighted by atomic mass is 9.88. The van der Waals surface area contributed by atoms with Gasteiger partial charge in [0.05, 0.1) is 29.8 Å². The monoisotopic (exact) mass is 547 g/mol. The molecule has 0 aliphatic carbocycles. The van der Waals surface area contributed by atoms with Gasteiger partial charge in [0.25, 0.3) is 5.91 Å². The van der Waals surface area contributed by atoms with E-state index in [1.165, 1.54) is 12.3 Å². The molecule has 1 unspecified atom stereocenters. The van der Waals surface area contributed by atoms with Crippen LogP contribution in [-0.4, -0.2) is 64.8 Å². The fraction of sp³-hybridized carbons (Fsp3) is 0.222. The molecule has 5 rings (SSSR count). The maximum Gasteiger partial charge on any atom is 0.354 e. The molecule has 11 nitrogen and oxygen atoms in total. The van der Waals surface area contributed by atoms with E-state index in [9.17, 15) is 18.0 Å². The molecule has 1 atom stereocenters. The number of nitrogens with one attached hydrogen (secondary N) is 1. The molecule has 0 radical (unpaired) electrons. The summed E-state index contributed by atoms with van der Waals surface area (Å²) < 4.78 is 30.9. The third kappa shape index (κ3) is 5.71. The number of aromatic carboxylic acids is 1. The molecule has 4 aromatic rings. The third-order valence-corrected chi connectivity index (χ3v) is 7.69. The van der Waals surface area contributed by atoms with E-state index in [0.717, 1.165) is 17.4 Å². The van der Waals surface area contributed by atoms with Crippen LogP contribution in [-0.2, 0) is 26.7 Å². The number of nitrogens with zero attached hydrogens (tertiary/aromatic N) is 4. The lowest BCUT2D eigenvalue weighted by Crippen LogP contribution is -2.46. The molecule has 1 fully saturated rings. The Morgan fingerprint density at radius 3 is 2.56 bits per heavy atom. The summed E-state index contributed by atoms with van der Waals surface area (Å²) in [5.74, 6) is -1.39. The number of carboxylic acids is 1. The van der Waals surface area contributed by atoms with E-state index < -0.39 is 21.3 Å². The molecule has 0 spiro atoms. The van der Waals surface area contributed by atoms with Gasteiger partial charge in [-0.25, -0.2) is 22.9 Å². The first-order valence-corrected chi connectivity index (χ1v) is 13.9. The second-order valence-corrected chi connectivity index (χ2v) is 11.4. The van der Waals surface area contributed by atoms with Crippen molar-refractivity contribution in [1.29, 1.82) is 0 Å². The van der Waals surface area contributed by atoms with Crippen LogP contribution in [0.2, 0.25) is 0 Å². The van der Waals surface area contributed by atoms with E-state index >= 15 is 0 Å². The summed E-state index contributed by atoms with van der Waals surface area (Å²) in [6.07, 6.45) is 4.86. The number of benzene rings is 2. The quantitative estimate of drug-likeness (QED) is 0.339. The van der Waals surface area contributed by atoms with Gasteiger partial charge in [0.2, 0.25) is 0 Å². The fourth-order valence-electron chi connectivity index (χ4n) is 4.45. The number of sulfone groups is 1. The first kappa shape index (κ1) is 26.2. The summed E-state index contributed by atoms with van der Waals surface area (Å²) >= 11 is 0. The van der Waals surface area contributed by atoms with Gasteiger partial charge in [0.15, 0.2) is 9.84 Å². The number of pyridine rings is 1. The topological polar surface area (TPSA) is 153 Å². The summed E-state index contributed by atoms with van der Waals surface area (Å²) in [4.78, 5) is 28.5. The van der Waals surface area contributed by atoms with Crippen molar-refractivity contribution in [2.24, 2.45) is 0 Å². The van der Waals surface area contributed by atoms with Gasteiger partial charge in [-0.3, -0.25) is 4.79 Å². The maximum atomic E-state index is 13.3. The number of rotatable bonds is 8. The molecule has 0 bridgehead atoms. The summed E-state index contributed by atoms with van der Waals surface area (Å²) in [5.41, 5.74) is 2.41. The van der Waals surface area contributed by atoms with E-state index in [0.29, 0.717) is 36.4 Å². The Morgan fingerprint density at radius 1 is 1.13 bits per heavy atom. The van der Waals surface area contributed by atoms with Crippen LogP contribution in [0.1, 0.15) is 38.4 Å². The SMILES string of the molecule is CS(=O)(=O)c1ccc(C2(NC(=O)c3cccc(Cn4cc(-c5ccc(C(=O)O)nc5)nn4)c3)CCOC2)cc1. The first-order valence-electron chi connectivity index (χ1n) is 12.0. The summed E-state index contributed by atoms with van der Waals surface area (Å²) in [7, 11) is -3.33. The number of carboxylic acid groups (broad SMARTS) is 1. The van der Waals surface area contributed by atoms with Gasteiger partial charge in [-0.1, -0.05) is 29.5 Å². The van der Waals surface area contributed by atoms with Crippen LogP contribution in [0.5, 0.6) is 0 Å². The van der Waals surface area contributed by atoms with Gasteiger partial charge < -0.3 is 15.2 Å². The van der Waals surface area contributed by atoms with Gasteiger partial charge in [0, 0.05) is 36.6 Å². The van der Waals surface area contributed by atoms with Gasteiger partial charge >= 0.3 is 5.97 Å². The van der Waals surface area contributed by atoms with Crippen molar-refractivity contribution in [3.05, 3.63) is 95.4 Å². The van der Waals surface area contributed by atoms with Crippen LogP contribution in [0.3, 0.4) is 0 Å². The Kier molecular flexibility index (Phi) is 6.98. The average molecular weight is 548 g/mol. The highest BCUT2D eigenvalue weighted by molar-refractivity contribution is 7.90. The largest absolute Gasteiger partial charge is 0.477 e. The predicted molar refractivity (Wildman–Crippen MR) is 140 cm³/mol. The second kappa shape index (κ2) is 10.4. The molecule has 1 amide bonds. The van der Waals surface area contributed by atoms with E-state index in [2.05, 4.69) is 20.6 Å². The fourth-order valence-corrected chi connectivity index (χ4v) is 5.08. The molecule has 1 saturated heterocycles.